The fraction of sp³-hybridized carbons (Fsp3) is 0.389. The summed E-state index contributed by atoms with van der Waals surface area (Å²) in [6, 6.07) is 9.61. The molecule has 1 aromatic carbocycles. The lowest BCUT2D eigenvalue weighted by atomic mass is 10.2. The third kappa shape index (κ3) is 5.30. The standard InChI is InChI=1S/C18H22N4O2S2/c1-2-10-22(14-7-4-3-5-8-14)16(23)13-25-18-21-20-17(26-18)19-12-15-9-6-11-24-15/h2-5,7-8,15H,1,6,9-13H2,(H,19,20). The van der Waals surface area contributed by atoms with Gasteiger partial charge < -0.3 is 15.0 Å². The first-order valence-corrected chi connectivity index (χ1v) is 10.3. The third-order valence-electron chi connectivity index (χ3n) is 3.91. The molecule has 0 radical (unpaired) electrons. The summed E-state index contributed by atoms with van der Waals surface area (Å²) in [5, 5.41) is 12.3. The van der Waals surface area contributed by atoms with Gasteiger partial charge in [-0.2, -0.15) is 0 Å². The van der Waals surface area contributed by atoms with Gasteiger partial charge in [-0.3, -0.25) is 4.79 Å². The van der Waals surface area contributed by atoms with Gasteiger partial charge in [0.25, 0.3) is 0 Å². The highest BCUT2D eigenvalue weighted by Gasteiger charge is 2.17. The van der Waals surface area contributed by atoms with Gasteiger partial charge in [-0.15, -0.1) is 16.8 Å². The Balaban J connectivity index is 1.50. The molecule has 2 aromatic rings. The maximum absolute atomic E-state index is 12.6. The molecule has 1 atom stereocenters. The Morgan fingerprint density at radius 1 is 1.42 bits per heavy atom. The third-order valence-corrected chi connectivity index (χ3v) is 5.91. The van der Waals surface area contributed by atoms with Crippen LogP contribution >= 0.6 is 23.1 Å². The number of ether oxygens (including phenoxy) is 1. The molecule has 6 nitrogen and oxygen atoms in total. The predicted octanol–water partition coefficient (Wildman–Crippen LogP) is 3.44. The van der Waals surface area contributed by atoms with Crippen molar-refractivity contribution in [2.24, 2.45) is 0 Å². The molecule has 0 saturated carbocycles. The summed E-state index contributed by atoms with van der Waals surface area (Å²) < 4.78 is 6.36. The minimum Gasteiger partial charge on any atom is -0.376 e. The summed E-state index contributed by atoms with van der Waals surface area (Å²) in [5.41, 5.74) is 0.870. The van der Waals surface area contributed by atoms with Crippen molar-refractivity contribution in [2.45, 2.75) is 23.3 Å². The van der Waals surface area contributed by atoms with E-state index in [1.165, 1.54) is 23.1 Å². The van der Waals surface area contributed by atoms with Crippen LogP contribution in [0.2, 0.25) is 0 Å². The molecule has 138 valence electrons. The van der Waals surface area contributed by atoms with Gasteiger partial charge in [0.15, 0.2) is 4.34 Å². The van der Waals surface area contributed by atoms with Crippen LogP contribution in [-0.2, 0) is 9.53 Å². The van der Waals surface area contributed by atoms with Gasteiger partial charge in [-0.25, -0.2) is 0 Å². The van der Waals surface area contributed by atoms with E-state index in [0.717, 1.165) is 41.2 Å². The van der Waals surface area contributed by atoms with Crippen LogP contribution in [0.3, 0.4) is 0 Å². The van der Waals surface area contributed by atoms with Crippen molar-refractivity contribution in [3.8, 4) is 0 Å². The van der Waals surface area contributed by atoms with E-state index in [1.807, 2.05) is 30.3 Å². The van der Waals surface area contributed by atoms with E-state index in [-0.39, 0.29) is 12.0 Å². The molecule has 0 spiro atoms. The SMILES string of the molecule is C=CCN(C(=O)CSc1nnc(NCC2CCCO2)s1)c1ccccc1. The first-order chi connectivity index (χ1) is 12.8. The van der Waals surface area contributed by atoms with Crippen molar-refractivity contribution < 1.29 is 9.53 Å². The number of benzene rings is 1. The van der Waals surface area contributed by atoms with Crippen molar-refractivity contribution in [2.75, 3.05) is 35.7 Å². The molecule has 0 aliphatic carbocycles. The average Bonchev–Trinajstić information content (AvgIpc) is 3.35. The largest absolute Gasteiger partial charge is 0.376 e. The number of aromatic nitrogens is 2. The minimum atomic E-state index is 0.0187. The number of rotatable bonds is 9. The van der Waals surface area contributed by atoms with Crippen LogP contribution in [0.1, 0.15) is 12.8 Å². The highest BCUT2D eigenvalue weighted by Crippen LogP contribution is 2.27. The van der Waals surface area contributed by atoms with E-state index in [4.69, 9.17) is 4.74 Å². The van der Waals surface area contributed by atoms with Crippen LogP contribution in [-0.4, -0.2) is 47.7 Å². The monoisotopic (exact) mass is 390 g/mol. The average molecular weight is 391 g/mol. The zero-order chi connectivity index (χ0) is 18.2. The molecule has 0 bridgehead atoms. The van der Waals surface area contributed by atoms with E-state index >= 15 is 0 Å². The first-order valence-electron chi connectivity index (χ1n) is 8.54. The van der Waals surface area contributed by atoms with Gasteiger partial charge in [-0.05, 0) is 25.0 Å². The summed E-state index contributed by atoms with van der Waals surface area (Å²) in [6.07, 6.45) is 4.19. The number of hydrogen-bond acceptors (Lipinski definition) is 7. The smallest absolute Gasteiger partial charge is 0.237 e. The highest BCUT2D eigenvalue weighted by molar-refractivity contribution is 8.01. The van der Waals surface area contributed by atoms with Crippen LogP contribution in [0.15, 0.2) is 47.3 Å². The lowest BCUT2D eigenvalue weighted by molar-refractivity contribution is -0.116. The Bertz CT molecular complexity index is 717. The van der Waals surface area contributed by atoms with Crippen molar-refractivity contribution in [1.82, 2.24) is 10.2 Å². The maximum Gasteiger partial charge on any atom is 0.237 e. The normalized spacial score (nSPS) is 16.4. The molecule has 8 heteroatoms. The lowest BCUT2D eigenvalue weighted by Gasteiger charge is -2.20. The molecular weight excluding hydrogens is 368 g/mol. The van der Waals surface area contributed by atoms with Gasteiger partial charge in [-0.1, -0.05) is 47.4 Å². The number of anilines is 2. The first kappa shape index (κ1) is 18.9. The molecule has 1 aromatic heterocycles. The Labute approximate surface area is 161 Å². The Hall–Kier alpha value is -1.90. The number of para-hydroxylation sites is 1. The number of carbonyl (C=O) groups excluding carboxylic acids is 1. The zero-order valence-electron chi connectivity index (χ0n) is 14.5. The zero-order valence-corrected chi connectivity index (χ0v) is 16.1. The maximum atomic E-state index is 12.6. The van der Waals surface area contributed by atoms with Crippen molar-refractivity contribution >= 4 is 39.8 Å². The highest BCUT2D eigenvalue weighted by atomic mass is 32.2. The second-order valence-electron chi connectivity index (χ2n) is 5.81. The molecular formula is C18H22N4O2S2. The molecule has 3 rings (SSSR count). The second kappa shape index (κ2) is 9.70. The van der Waals surface area contributed by atoms with Crippen LogP contribution in [0, 0.1) is 0 Å². The Morgan fingerprint density at radius 3 is 3.00 bits per heavy atom. The van der Waals surface area contributed by atoms with E-state index in [0.29, 0.717) is 12.3 Å². The summed E-state index contributed by atoms with van der Waals surface area (Å²) >= 11 is 2.87. The van der Waals surface area contributed by atoms with Gasteiger partial charge in [0.05, 0.1) is 11.9 Å². The van der Waals surface area contributed by atoms with E-state index in [9.17, 15) is 4.79 Å². The van der Waals surface area contributed by atoms with Gasteiger partial charge in [0.1, 0.15) is 0 Å². The molecule has 26 heavy (non-hydrogen) atoms. The summed E-state index contributed by atoms with van der Waals surface area (Å²) in [5.74, 6) is 0.327. The van der Waals surface area contributed by atoms with Gasteiger partial charge in [0, 0.05) is 25.4 Å². The Kier molecular flexibility index (Phi) is 7.04. The topological polar surface area (TPSA) is 67.4 Å². The molecule has 1 fully saturated rings. The number of carbonyl (C=O) groups is 1. The van der Waals surface area contributed by atoms with Crippen molar-refractivity contribution in [1.29, 1.82) is 0 Å². The van der Waals surface area contributed by atoms with Crippen LogP contribution in [0.5, 0.6) is 0 Å². The summed E-state index contributed by atoms with van der Waals surface area (Å²) in [4.78, 5) is 14.3. The molecule has 1 unspecified atom stereocenters. The predicted molar refractivity (Wildman–Crippen MR) is 107 cm³/mol. The van der Waals surface area contributed by atoms with E-state index in [1.54, 1.807) is 11.0 Å². The number of hydrogen-bond donors (Lipinski definition) is 1. The van der Waals surface area contributed by atoms with Crippen LogP contribution < -0.4 is 10.2 Å². The van der Waals surface area contributed by atoms with Crippen LogP contribution in [0.4, 0.5) is 10.8 Å². The summed E-state index contributed by atoms with van der Waals surface area (Å²) in [6.45, 7) is 5.81. The molecule has 1 amide bonds. The molecule has 1 aliphatic rings. The number of amides is 1. The minimum absolute atomic E-state index is 0.0187. The number of nitrogens with zero attached hydrogens (tertiary/aromatic N) is 3. The van der Waals surface area contributed by atoms with Crippen LogP contribution in [0.25, 0.3) is 0 Å². The van der Waals surface area contributed by atoms with Crippen molar-refractivity contribution in [3.05, 3.63) is 43.0 Å². The van der Waals surface area contributed by atoms with E-state index < -0.39 is 0 Å². The fourth-order valence-electron chi connectivity index (χ4n) is 2.64. The fourth-order valence-corrected chi connectivity index (χ4v) is 4.27. The Morgan fingerprint density at radius 2 is 2.27 bits per heavy atom. The molecule has 1 aliphatic heterocycles. The quantitative estimate of drug-likeness (QED) is 0.523. The number of nitrogens with one attached hydrogen (secondary N) is 1. The van der Waals surface area contributed by atoms with Gasteiger partial charge in [0.2, 0.25) is 11.0 Å². The van der Waals surface area contributed by atoms with Gasteiger partial charge >= 0.3 is 0 Å². The number of thioether (sulfide) groups is 1. The molecule has 1 N–H and O–H groups in total. The molecule has 2 heterocycles. The summed E-state index contributed by atoms with van der Waals surface area (Å²) in [7, 11) is 0. The lowest BCUT2D eigenvalue weighted by Crippen LogP contribution is -2.32. The van der Waals surface area contributed by atoms with E-state index in [2.05, 4.69) is 22.1 Å². The molecule has 1 saturated heterocycles. The van der Waals surface area contributed by atoms with Crippen molar-refractivity contribution in [3.63, 3.8) is 0 Å². The second-order valence-corrected chi connectivity index (χ2v) is 8.01.